The molecule has 2 aliphatic rings. The first-order chi connectivity index (χ1) is 16.1. The lowest BCUT2D eigenvalue weighted by molar-refractivity contribution is -0.129. The predicted molar refractivity (Wildman–Crippen MR) is 130 cm³/mol. The molecule has 1 aromatic heterocycles. The fourth-order valence-electron chi connectivity index (χ4n) is 4.78. The molecular formula is C24H28N4O4S2. The van der Waals surface area contributed by atoms with Gasteiger partial charge in [-0.3, -0.25) is 9.59 Å². The van der Waals surface area contributed by atoms with Crippen molar-refractivity contribution in [3.05, 3.63) is 45.8 Å². The van der Waals surface area contributed by atoms with E-state index in [1.165, 1.54) is 46.8 Å². The molecule has 10 heteroatoms. The van der Waals surface area contributed by atoms with E-state index >= 15 is 0 Å². The van der Waals surface area contributed by atoms with Crippen molar-refractivity contribution in [1.29, 1.82) is 5.26 Å². The van der Waals surface area contributed by atoms with E-state index in [1.54, 1.807) is 4.90 Å². The van der Waals surface area contributed by atoms with Crippen molar-refractivity contribution in [3.63, 3.8) is 0 Å². The molecule has 1 saturated heterocycles. The molecule has 1 fully saturated rings. The van der Waals surface area contributed by atoms with Gasteiger partial charge in [0, 0.05) is 37.0 Å². The maximum absolute atomic E-state index is 13.1. The summed E-state index contributed by atoms with van der Waals surface area (Å²) in [7, 11) is -3.63. The number of anilines is 1. The summed E-state index contributed by atoms with van der Waals surface area (Å²) in [5.41, 5.74) is 1.62. The molecule has 180 valence electrons. The number of sulfonamides is 1. The van der Waals surface area contributed by atoms with Crippen molar-refractivity contribution in [2.45, 2.75) is 45.1 Å². The molecule has 0 saturated carbocycles. The maximum atomic E-state index is 13.1. The van der Waals surface area contributed by atoms with E-state index in [2.05, 4.69) is 25.2 Å². The smallest absolute Gasteiger partial charge is 0.256 e. The third-order valence-electron chi connectivity index (χ3n) is 6.43. The molecule has 2 atom stereocenters. The van der Waals surface area contributed by atoms with E-state index in [-0.39, 0.29) is 10.8 Å². The van der Waals surface area contributed by atoms with Gasteiger partial charge in [0.2, 0.25) is 15.9 Å². The van der Waals surface area contributed by atoms with Gasteiger partial charge in [-0.15, -0.1) is 11.3 Å². The van der Waals surface area contributed by atoms with E-state index < -0.39 is 15.9 Å². The summed E-state index contributed by atoms with van der Waals surface area (Å²) in [6.07, 6.45) is 1.58. The third-order valence-corrected chi connectivity index (χ3v) is 9.41. The fraction of sp³-hybridized carbons (Fsp3) is 0.458. The molecule has 0 aliphatic carbocycles. The average Bonchev–Trinajstić information content (AvgIpc) is 3.14. The predicted octanol–water partition coefficient (Wildman–Crippen LogP) is 3.44. The first-order valence-corrected chi connectivity index (χ1v) is 13.6. The highest BCUT2D eigenvalue weighted by Gasteiger charge is 2.32. The van der Waals surface area contributed by atoms with Gasteiger partial charge in [-0.2, -0.15) is 9.57 Å². The molecule has 2 unspecified atom stereocenters. The van der Waals surface area contributed by atoms with Gasteiger partial charge in [-0.05, 0) is 54.5 Å². The van der Waals surface area contributed by atoms with Gasteiger partial charge >= 0.3 is 0 Å². The van der Waals surface area contributed by atoms with Crippen molar-refractivity contribution in [1.82, 2.24) is 9.21 Å². The number of benzene rings is 1. The number of carbonyl (C=O) groups is 2. The number of rotatable bonds is 4. The lowest BCUT2D eigenvalue weighted by Gasteiger charge is -2.34. The monoisotopic (exact) mass is 500 g/mol. The lowest BCUT2D eigenvalue weighted by atomic mass is 9.94. The van der Waals surface area contributed by atoms with Gasteiger partial charge in [0.25, 0.3) is 5.91 Å². The number of nitriles is 1. The second-order valence-corrected chi connectivity index (χ2v) is 12.3. The van der Waals surface area contributed by atoms with Crippen molar-refractivity contribution < 1.29 is 18.0 Å². The van der Waals surface area contributed by atoms with Crippen LogP contribution in [-0.4, -0.2) is 49.1 Å². The first-order valence-electron chi connectivity index (χ1n) is 11.3. The number of piperidine rings is 1. The number of amides is 2. The molecule has 1 N–H and O–H groups in total. The van der Waals surface area contributed by atoms with Crippen molar-refractivity contribution >= 4 is 38.2 Å². The lowest BCUT2D eigenvalue weighted by Crippen LogP contribution is -2.42. The second kappa shape index (κ2) is 9.49. The normalized spacial score (nSPS) is 20.9. The Morgan fingerprint density at radius 3 is 2.38 bits per heavy atom. The van der Waals surface area contributed by atoms with Crippen LogP contribution in [0.4, 0.5) is 5.00 Å². The van der Waals surface area contributed by atoms with Gasteiger partial charge in [-0.25, -0.2) is 8.42 Å². The number of fused-ring (bicyclic) bond motifs is 1. The number of nitrogens with zero attached hydrogens (tertiary/aromatic N) is 3. The number of carbonyl (C=O) groups excluding carboxylic acids is 2. The Kier molecular flexibility index (Phi) is 6.80. The van der Waals surface area contributed by atoms with E-state index in [0.717, 1.165) is 16.9 Å². The van der Waals surface area contributed by atoms with E-state index in [9.17, 15) is 23.3 Å². The number of nitrogens with one attached hydrogen (secondary N) is 1. The molecule has 0 bridgehead atoms. The minimum Gasteiger partial charge on any atom is -0.337 e. The highest BCUT2D eigenvalue weighted by atomic mass is 32.2. The standard InChI is InChI=1S/C24H28N4O4S2/c1-15-10-16(2)13-28(12-15)34(31,32)19-6-4-18(5-7-19)23(30)26-24-21(11-25)20-8-9-27(17(3)29)14-22(20)33-24/h4-7,15-16H,8-10,12-14H2,1-3H3,(H,26,30). The number of thiophene rings is 1. The second-order valence-electron chi connectivity index (χ2n) is 9.26. The Labute approximate surface area is 204 Å². The van der Waals surface area contributed by atoms with E-state index in [0.29, 0.717) is 60.6 Å². The van der Waals surface area contributed by atoms with Crippen LogP contribution in [0.3, 0.4) is 0 Å². The minimum atomic E-state index is -3.63. The van der Waals surface area contributed by atoms with Crippen molar-refractivity contribution in [2.75, 3.05) is 25.0 Å². The Balaban J connectivity index is 1.51. The van der Waals surface area contributed by atoms with Gasteiger partial charge in [0.1, 0.15) is 11.1 Å². The first kappa shape index (κ1) is 24.4. The van der Waals surface area contributed by atoms with Gasteiger partial charge in [0.15, 0.2) is 0 Å². The maximum Gasteiger partial charge on any atom is 0.256 e. The molecule has 4 rings (SSSR count). The van der Waals surface area contributed by atoms with Gasteiger partial charge in [-0.1, -0.05) is 13.8 Å². The molecule has 3 heterocycles. The highest BCUT2D eigenvalue weighted by Crippen LogP contribution is 2.37. The average molecular weight is 501 g/mol. The highest BCUT2D eigenvalue weighted by molar-refractivity contribution is 7.89. The summed E-state index contributed by atoms with van der Waals surface area (Å²) in [6, 6.07) is 8.10. The molecule has 0 spiro atoms. The quantitative estimate of drug-likeness (QED) is 0.691. The zero-order valence-corrected chi connectivity index (χ0v) is 21.1. The number of hydrogen-bond acceptors (Lipinski definition) is 6. The molecule has 34 heavy (non-hydrogen) atoms. The molecule has 2 aromatic rings. The SMILES string of the molecule is CC(=O)N1CCc2c(sc(NC(=O)c3ccc(S(=O)(=O)N4CC(C)CC(C)C4)cc3)c2C#N)C1. The largest absolute Gasteiger partial charge is 0.337 e. The summed E-state index contributed by atoms with van der Waals surface area (Å²) in [6.45, 7) is 7.60. The minimum absolute atomic E-state index is 0.0216. The Morgan fingerprint density at radius 1 is 1.15 bits per heavy atom. The van der Waals surface area contributed by atoms with Crippen LogP contribution in [-0.2, 0) is 27.8 Å². The Hall–Kier alpha value is -2.74. The van der Waals surface area contributed by atoms with E-state index in [4.69, 9.17) is 0 Å². The van der Waals surface area contributed by atoms with Crippen molar-refractivity contribution in [3.8, 4) is 6.07 Å². The summed E-state index contributed by atoms with van der Waals surface area (Å²) < 4.78 is 27.7. The zero-order valence-electron chi connectivity index (χ0n) is 19.5. The van der Waals surface area contributed by atoms with Crippen LogP contribution >= 0.6 is 11.3 Å². The summed E-state index contributed by atoms with van der Waals surface area (Å²) in [5, 5.41) is 12.9. The molecule has 0 radical (unpaired) electrons. The van der Waals surface area contributed by atoms with Crippen LogP contribution in [0.15, 0.2) is 29.2 Å². The molecule has 2 amide bonds. The zero-order chi connectivity index (χ0) is 24.6. The Bertz CT molecular complexity index is 1250. The molecule has 2 aliphatic heterocycles. The van der Waals surface area contributed by atoms with Crippen LogP contribution in [0.1, 0.15) is 53.6 Å². The molecule has 1 aromatic carbocycles. The van der Waals surface area contributed by atoms with Crippen LogP contribution in [0.5, 0.6) is 0 Å². The van der Waals surface area contributed by atoms with Crippen LogP contribution in [0.25, 0.3) is 0 Å². The fourth-order valence-corrected chi connectivity index (χ4v) is 7.67. The van der Waals surface area contributed by atoms with E-state index in [1.807, 2.05) is 0 Å². The Morgan fingerprint density at radius 2 is 1.79 bits per heavy atom. The summed E-state index contributed by atoms with van der Waals surface area (Å²) >= 11 is 1.31. The van der Waals surface area contributed by atoms with Crippen LogP contribution in [0.2, 0.25) is 0 Å². The summed E-state index contributed by atoms with van der Waals surface area (Å²) in [4.78, 5) is 27.4. The van der Waals surface area contributed by atoms with Crippen LogP contribution in [0, 0.1) is 23.2 Å². The third kappa shape index (κ3) is 4.73. The van der Waals surface area contributed by atoms with Gasteiger partial charge in [0.05, 0.1) is 17.0 Å². The topological polar surface area (TPSA) is 111 Å². The number of hydrogen-bond donors (Lipinski definition) is 1. The molecule has 8 nitrogen and oxygen atoms in total. The van der Waals surface area contributed by atoms with Gasteiger partial charge < -0.3 is 10.2 Å². The summed E-state index contributed by atoms with van der Waals surface area (Å²) in [5.74, 6) is 0.170. The molecular weight excluding hydrogens is 472 g/mol. The van der Waals surface area contributed by atoms with Crippen molar-refractivity contribution in [2.24, 2.45) is 11.8 Å². The van der Waals surface area contributed by atoms with Crippen LogP contribution < -0.4 is 5.32 Å².